The molecule has 0 bridgehead atoms. The molecule has 1 saturated heterocycles. The van der Waals surface area contributed by atoms with E-state index in [0.717, 1.165) is 12.4 Å². The summed E-state index contributed by atoms with van der Waals surface area (Å²) in [5.41, 5.74) is -0.958. The highest BCUT2D eigenvalue weighted by molar-refractivity contribution is 5.40. The van der Waals surface area contributed by atoms with Gasteiger partial charge in [0.25, 0.3) is 5.56 Å². The lowest BCUT2D eigenvalue weighted by Crippen LogP contribution is -2.48. The molecule has 0 aliphatic carbocycles. The number of anilines is 2. The van der Waals surface area contributed by atoms with Crippen LogP contribution in [-0.4, -0.2) is 46.1 Å². The number of aromatic nitrogens is 4. The summed E-state index contributed by atoms with van der Waals surface area (Å²) in [4.78, 5) is 39.0. The van der Waals surface area contributed by atoms with Crippen molar-refractivity contribution in [1.82, 2.24) is 19.9 Å². The molecule has 0 saturated carbocycles. The van der Waals surface area contributed by atoms with Gasteiger partial charge < -0.3 is 9.80 Å². The van der Waals surface area contributed by atoms with Crippen LogP contribution in [-0.2, 0) is 0 Å². The van der Waals surface area contributed by atoms with Crippen LogP contribution in [0.15, 0.2) is 28.0 Å². The van der Waals surface area contributed by atoms with Crippen LogP contribution >= 0.6 is 0 Å². The Kier molecular flexibility index (Phi) is 3.38. The maximum atomic E-state index is 12.8. The average molecular weight is 292 g/mol. The van der Waals surface area contributed by atoms with E-state index < -0.39 is 17.1 Å². The van der Waals surface area contributed by atoms with Gasteiger partial charge in [0.2, 0.25) is 5.95 Å². The fourth-order valence-corrected chi connectivity index (χ4v) is 2.24. The summed E-state index contributed by atoms with van der Waals surface area (Å²) in [5.74, 6) is 0.484. The SMILES string of the molecule is O=c1cc(N2CCN(c3ncc(F)cn3)CC2)[nH]c(=O)[nH]1. The van der Waals surface area contributed by atoms with Gasteiger partial charge in [0.1, 0.15) is 5.82 Å². The van der Waals surface area contributed by atoms with Crippen molar-refractivity contribution in [3.8, 4) is 0 Å². The summed E-state index contributed by atoms with van der Waals surface area (Å²) in [6.07, 6.45) is 2.26. The quantitative estimate of drug-likeness (QED) is 0.761. The van der Waals surface area contributed by atoms with E-state index >= 15 is 0 Å². The third-order valence-corrected chi connectivity index (χ3v) is 3.26. The van der Waals surface area contributed by atoms with Crippen molar-refractivity contribution in [3.63, 3.8) is 0 Å². The average Bonchev–Trinajstić information content (AvgIpc) is 2.47. The van der Waals surface area contributed by atoms with Crippen LogP contribution in [0.1, 0.15) is 0 Å². The first-order chi connectivity index (χ1) is 10.1. The third kappa shape index (κ3) is 2.91. The molecule has 0 aromatic carbocycles. The largest absolute Gasteiger partial charge is 0.354 e. The molecule has 0 unspecified atom stereocenters. The van der Waals surface area contributed by atoms with Crippen LogP contribution in [0.3, 0.4) is 0 Å². The van der Waals surface area contributed by atoms with Crippen LogP contribution in [0.5, 0.6) is 0 Å². The highest BCUT2D eigenvalue weighted by atomic mass is 19.1. The standard InChI is InChI=1S/C12H13FN6O2/c13-8-6-14-11(15-7-8)19-3-1-18(2-4-19)9-5-10(20)17-12(21)16-9/h5-7H,1-4H2,(H2,16,17,20,21). The van der Waals surface area contributed by atoms with E-state index in [0.29, 0.717) is 37.9 Å². The molecule has 2 aromatic rings. The molecule has 0 spiro atoms. The number of rotatable bonds is 2. The Morgan fingerprint density at radius 3 is 2.24 bits per heavy atom. The Hall–Kier alpha value is -2.71. The summed E-state index contributed by atoms with van der Waals surface area (Å²) in [6, 6.07) is 1.35. The second kappa shape index (κ2) is 5.35. The maximum absolute atomic E-state index is 12.8. The van der Waals surface area contributed by atoms with Crippen LogP contribution in [0.4, 0.5) is 16.2 Å². The Bertz CT molecular complexity index is 704. The molecular formula is C12H13FN6O2. The predicted octanol–water partition coefficient (Wildman–Crippen LogP) is -0.681. The van der Waals surface area contributed by atoms with E-state index in [1.54, 1.807) is 0 Å². The molecule has 1 aliphatic rings. The van der Waals surface area contributed by atoms with Crippen LogP contribution < -0.4 is 21.0 Å². The fourth-order valence-electron chi connectivity index (χ4n) is 2.24. The van der Waals surface area contributed by atoms with Crippen LogP contribution in [0.2, 0.25) is 0 Å². The van der Waals surface area contributed by atoms with E-state index in [-0.39, 0.29) is 0 Å². The maximum Gasteiger partial charge on any atom is 0.327 e. The number of nitrogens with zero attached hydrogens (tertiary/aromatic N) is 4. The second-order valence-corrected chi connectivity index (χ2v) is 4.65. The minimum absolute atomic E-state index is 0.432. The topological polar surface area (TPSA) is 98.0 Å². The van der Waals surface area contributed by atoms with Crippen molar-refractivity contribution in [2.24, 2.45) is 0 Å². The number of nitrogens with one attached hydrogen (secondary N) is 2. The van der Waals surface area contributed by atoms with Gasteiger partial charge in [0.15, 0.2) is 5.82 Å². The Labute approximate surface area is 118 Å². The highest BCUT2D eigenvalue weighted by Crippen LogP contribution is 2.14. The summed E-state index contributed by atoms with van der Waals surface area (Å²) >= 11 is 0. The van der Waals surface area contributed by atoms with Crippen molar-refractivity contribution in [3.05, 3.63) is 45.1 Å². The summed E-state index contributed by atoms with van der Waals surface area (Å²) in [7, 11) is 0. The van der Waals surface area contributed by atoms with E-state index in [1.807, 2.05) is 9.80 Å². The number of piperazine rings is 1. The molecule has 21 heavy (non-hydrogen) atoms. The van der Waals surface area contributed by atoms with Gasteiger partial charge in [-0.1, -0.05) is 0 Å². The molecule has 8 nitrogen and oxygen atoms in total. The Morgan fingerprint density at radius 2 is 1.62 bits per heavy atom. The zero-order valence-electron chi connectivity index (χ0n) is 11.0. The predicted molar refractivity (Wildman–Crippen MR) is 74.1 cm³/mol. The van der Waals surface area contributed by atoms with Gasteiger partial charge in [-0.3, -0.25) is 14.8 Å². The third-order valence-electron chi connectivity index (χ3n) is 3.26. The number of hydrogen-bond acceptors (Lipinski definition) is 6. The van der Waals surface area contributed by atoms with E-state index in [9.17, 15) is 14.0 Å². The van der Waals surface area contributed by atoms with Crippen molar-refractivity contribution in [1.29, 1.82) is 0 Å². The normalized spacial score (nSPS) is 15.3. The minimum Gasteiger partial charge on any atom is -0.354 e. The molecule has 0 amide bonds. The monoisotopic (exact) mass is 292 g/mol. The first-order valence-electron chi connectivity index (χ1n) is 6.43. The Balaban J connectivity index is 1.71. The van der Waals surface area contributed by atoms with Gasteiger partial charge in [0, 0.05) is 32.2 Å². The number of H-pyrrole nitrogens is 2. The van der Waals surface area contributed by atoms with Crippen molar-refractivity contribution >= 4 is 11.8 Å². The van der Waals surface area contributed by atoms with Gasteiger partial charge in [-0.05, 0) is 0 Å². The summed E-state index contributed by atoms with van der Waals surface area (Å²) in [5, 5.41) is 0. The van der Waals surface area contributed by atoms with Gasteiger partial charge in [-0.25, -0.2) is 19.2 Å². The summed E-state index contributed by atoms with van der Waals surface area (Å²) in [6.45, 7) is 2.42. The smallest absolute Gasteiger partial charge is 0.327 e. The van der Waals surface area contributed by atoms with Gasteiger partial charge in [0.05, 0.1) is 12.4 Å². The van der Waals surface area contributed by atoms with Crippen molar-refractivity contribution < 1.29 is 4.39 Å². The lowest BCUT2D eigenvalue weighted by atomic mass is 10.3. The molecule has 2 aromatic heterocycles. The first kappa shape index (κ1) is 13.3. The van der Waals surface area contributed by atoms with Crippen molar-refractivity contribution in [2.45, 2.75) is 0 Å². The molecule has 3 heterocycles. The summed E-state index contributed by atoms with van der Waals surface area (Å²) < 4.78 is 12.8. The molecule has 110 valence electrons. The first-order valence-corrected chi connectivity index (χ1v) is 6.43. The number of hydrogen-bond donors (Lipinski definition) is 2. The van der Waals surface area contributed by atoms with E-state index in [1.165, 1.54) is 6.07 Å². The van der Waals surface area contributed by atoms with Crippen molar-refractivity contribution in [2.75, 3.05) is 36.0 Å². The molecule has 0 radical (unpaired) electrons. The number of aromatic amines is 2. The molecule has 1 fully saturated rings. The molecule has 3 rings (SSSR count). The zero-order chi connectivity index (χ0) is 14.8. The Morgan fingerprint density at radius 1 is 1.00 bits per heavy atom. The lowest BCUT2D eigenvalue weighted by molar-refractivity contribution is 0.601. The van der Waals surface area contributed by atoms with E-state index in [2.05, 4.69) is 19.9 Å². The van der Waals surface area contributed by atoms with Crippen LogP contribution in [0.25, 0.3) is 0 Å². The zero-order valence-corrected chi connectivity index (χ0v) is 11.0. The molecule has 1 aliphatic heterocycles. The van der Waals surface area contributed by atoms with Gasteiger partial charge in [-0.15, -0.1) is 0 Å². The molecule has 9 heteroatoms. The fraction of sp³-hybridized carbons (Fsp3) is 0.333. The molecular weight excluding hydrogens is 279 g/mol. The lowest BCUT2D eigenvalue weighted by Gasteiger charge is -2.35. The number of halogens is 1. The highest BCUT2D eigenvalue weighted by Gasteiger charge is 2.20. The van der Waals surface area contributed by atoms with Crippen LogP contribution in [0, 0.1) is 5.82 Å². The van der Waals surface area contributed by atoms with Gasteiger partial charge >= 0.3 is 5.69 Å². The second-order valence-electron chi connectivity index (χ2n) is 4.65. The minimum atomic E-state index is -0.526. The van der Waals surface area contributed by atoms with Gasteiger partial charge in [-0.2, -0.15) is 0 Å². The van der Waals surface area contributed by atoms with E-state index in [4.69, 9.17) is 0 Å². The molecule has 0 atom stereocenters. The molecule has 2 N–H and O–H groups in total.